The summed E-state index contributed by atoms with van der Waals surface area (Å²) in [5.74, 6) is 0. The van der Waals surface area contributed by atoms with E-state index in [4.69, 9.17) is 11.6 Å². The number of hydrogen-bond acceptors (Lipinski definition) is 4. The highest BCUT2D eigenvalue weighted by Crippen LogP contribution is 2.24. The Morgan fingerprint density at radius 1 is 1.39 bits per heavy atom. The van der Waals surface area contributed by atoms with Crippen molar-refractivity contribution in [1.29, 1.82) is 0 Å². The van der Waals surface area contributed by atoms with Gasteiger partial charge in [-0.2, -0.15) is 5.10 Å². The van der Waals surface area contributed by atoms with Gasteiger partial charge in [0.25, 0.3) is 0 Å². The molecule has 0 aromatic carbocycles. The van der Waals surface area contributed by atoms with Gasteiger partial charge in [-0.05, 0) is 20.4 Å². The van der Waals surface area contributed by atoms with Crippen LogP contribution >= 0.6 is 11.6 Å². The van der Waals surface area contributed by atoms with Crippen molar-refractivity contribution in [3.63, 3.8) is 0 Å². The molecule has 1 unspecified atom stereocenters. The molecule has 2 aromatic rings. The second-order valence-corrected chi connectivity index (χ2v) is 4.55. The van der Waals surface area contributed by atoms with E-state index < -0.39 is 0 Å². The van der Waals surface area contributed by atoms with Crippen LogP contribution in [0.1, 0.15) is 22.9 Å². The molecule has 1 atom stereocenters. The van der Waals surface area contributed by atoms with Gasteiger partial charge in [0.15, 0.2) is 0 Å². The van der Waals surface area contributed by atoms with Crippen molar-refractivity contribution in [1.82, 2.24) is 25.1 Å². The third kappa shape index (κ3) is 2.52. The minimum atomic E-state index is 0.131. The minimum Gasteiger partial charge on any atom is -0.313 e. The summed E-state index contributed by atoms with van der Waals surface area (Å²) >= 11 is 6.24. The van der Waals surface area contributed by atoms with Crippen LogP contribution in [0.25, 0.3) is 0 Å². The van der Waals surface area contributed by atoms with Crippen LogP contribution in [0.3, 0.4) is 0 Å². The van der Waals surface area contributed by atoms with Gasteiger partial charge >= 0.3 is 0 Å². The lowest BCUT2D eigenvalue weighted by atomic mass is 10.0. The molecule has 5 nitrogen and oxygen atoms in total. The van der Waals surface area contributed by atoms with Crippen LogP contribution in [-0.2, 0) is 13.5 Å². The van der Waals surface area contributed by atoms with Gasteiger partial charge in [-0.25, -0.2) is 9.97 Å². The predicted octanol–water partition coefficient (Wildman–Crippen LogP) is 1.68. The Bertz CT molecular complexity index is 523. The lowest BCUT2D eigenvalue weighted by Gasteiger charge is -2.15. The van der Waals surface area contributed by atoms with E-state index in [0.717, 1.165) is 23.2 Å². The number of rotatable bonds is 4. The molecule has 2 heterocycles. The zero-order chi connectivity index (χ0) is 13.1. The van der Waals surface area contributed by atoms with E-state index >= 15 is 0 Å². The highest BCUT2D eigenvalue weighted by atomic mass is 35.5. The predicted molar refractivity (Wildman–Crippen MR) is 70.5 cm³/mol. The molecule has 0 amide bonds. The Balaban J connectivity index is 2.26. The van der Waals surface area contributed by atoms with Gasteiger partial charge < -0.3 is 5.32 Å². The Kier molecular flexibility index (Phi) is 3.93. The van der Waals surface area contributed by atoms with Crippen molar-refractivity contribution < 1.29 is 0 Å². The molecular formula is C12H16ClN5. The number of halogens is 1. The van der Waals surface area contributed by atoms with E-state index in [1.165, 1.54) is 6.33 Å². The van der Waals surface area contributed by atoms with Crippen molar-refractivity contribution in [2.45, 2.75) is 19.4 Å². The normalized spacial score (nSPS) is 12.7. The fourth-order valence-electron chi connectivity index (χ4n) is 1.99. The molecule has 2 aromatic heterocycles. The number of aromatic nitrogens is 4. The summed E-state index contributed by atoms with van der Waals surface area (Å²) in [6.07, 6.45) is 5.92. The molecule has 6 heteroatoms. The summed E-state index contributed by atoms with van der Waals surface area (Å²) in [6.45, 7) is 1.97. The van der Waals surface area contributed by atoms with E-state index in [-0.39, 0.29) is 6.04 Å². The van der Waals surface area contributed by atoms with E-state index in [0.29, 0.717) is 5.15 Å². The maximum absolute atomic E-state index is 6.24. The Labute approximate surface area is 111 Å². The van der Waals surface area contributed by atoms with Crippen LogP contribution in [0.15, 0.2) is 18.7 Å². The number of aryl methyl sites for hydroxylation is 2. The van der Waals surface area contributed by atoms with Crippen molar-refractivity contribution in [2.75, 3.05) is 7.05 Å². The monoisotopic (exact) mass is 265 g/mol. The van der Waals surface area contributed by atoms with Gasteiger partial charge in [0.05, 0.1) is 5.69 Å². The van der Waals surface area contributed by atoms with Crippen LogP contribution in [0.4, 0.5) is 0 Å². The fraction of sp³-hybridized carbons (Fsp3) is 0.417. The van der Waals surface area contributed by atoms with Crippen LogP contribution in [-0.4, -0.2) is 26.8 Å². The zero-order valence-electron chi connectivity index (χ0n) is 10.7. The summed E-state index contributed by atoms with van der Waals surface area (Å²) < 4.78 is 1.69. The number of nitrogens with one attached hydrogen (secondary N) is 1. The van der Waals surface area contributed by atoms with E-state index in [1.807, 2.05) is 33.4 Å². The molecule has 2 rings (SSSR count). The first kappa shape index (κ1) is 13.0. The molecule has 0 aliphatic rings. The molecule has 96 valence electrons. The van der Waals surface area contributed by atoms with Gasteiger partial charge in [-0.15, -0.1) is 0 Å². The van der Waals surface area contributed by atoms with Gasteiger partial charge in [-0.3, -0.25) is 4.68 Å². The molecule has 1 N–H and O–H groups in total. The van der Waals surface area contributed by atoms with Gasteiger partial charge in [0.1, 0.15) is 11.5 Å². The third-order valence-electron chi connectivity index (χ3n) is 3.01. The highest BCUT2D eigenvalue weighted by molar-refractivity contribution is 6.30. The first-order chi connectivity index (χ1) is 8.63. The standard InChI is InChI=1S/C12H16ClN5/c1-8-10(12(13)18(3)17-8)4-11(14-2)9-5-15-7-16-6-9/h5-7,11,14H,4H2,1-3H3. The van der Waals surface area contributed by atoms with Crippen molar-refractivity contribution >= 4 is 11.6 Å². The molecule has 18 heavy (non-hydrogen) atoms. The summed E-state index contributed by atoms with van der Waals surface area (Å²) in [6, 6.07) is 0.131. The molecule has 0 spiro atoms. The van der Waals surface area contributed by atoms with Crippen LogP contribution in [0, 0.1) is 6.92 Å². The number of hydrogen-bond donors (Lipinski definition) is 1. The Morgan fingerprint density at radius 2 is 2.06 bits per heavy atom. The quantitative estimate of drug-likeness (QED) is 0.914. The van der Waals surface area contributed by atoms with Crippen LogP contribution in [0.2, 0.25) is 5.15 Å². The molecule has 0 radical (unpaired) electrons. The maximum atomic E-state index is 6.24. The summed E-state index contributed by atoms with van der Waals surface area (Å²) in [5, 5.41) is 8.26. The van der Waals surface area contributed by atoms with Crippen molar-refractivity contribution in [2.24, 2.45) is 7.05 Å². The van der Waals surface area contributed by atoms with E-state index in [9.17, 15) is 0 Å². The van der Waals surface area contributed by atoms with Gasteiger partial charge in [-0.1, -0.05) is 11.6 Å². The van der Waals surface area contributed by atoms with Gasteiger partial charge in [0.2, 0.25) is 0 Å². The molecule has 0 aliphatic carbocycles. The molecule has 0 bridgehead atoms. The minimum absolute atomic E-state index is 0.131. The molecule has 0 fully saturated rings. The summed E-state index contributed by atoms with van der Waals surface area (Å²) in [7, 11) is 3.76. The van der Waals surface area contributed by atoms with Crippen LogP contribution < -0.4 is 5.32 Å². The molecule has 0 saturated carbocycles. The smallest absolute Gasteiger partial charge is 0.130 e. The Hall–Kier alpha value is -1.46. The molecular weight excluding hydrogens is 250 g/mol. The lowest BCUT2D eigenvalue weighted by Crippen LogP contribution is -2.19. The first-order valence-corrected chi connectivity index (χ1v) is 6.11. The van der Waals surface area contributed by atoms with E-state index in [1.54, 1.807) is 4.68 Å². The van der Waals surface area contributed by atoms with E-state index in [2.05, 4.69) is 20.4 Å². The largest absolute Gasteiger partial charge is 0.313 e. The first-order valence-electron chi connectivity index (χ1n) is 5.73. The zero-order valence-corrected chi connectivity index (χ0v) is 11.4. The average molecular weight is 266 g/mol. The number of likely N-dealkylation sites (N-methyl/N-ethyl adjacent to an activating group) is 1. The van der Waals surface area contributed by atoms with Crippen LogP contribution in [0.5, 0.6) is 0 Å². The average Bonchev–Trinajstić information content (AvgIpc) is 2.62. The fourth-order valence-corrected chi connectivity index (χ4v) is 2.24. The molecule has 0 saturated heterocycles. The number of nitrogens with zero attached hydrogens (tertiary/aromatic N) is 4. The summed E-state index contributed by atoms with van der Waals surface area (Å²) in [5.41, 5.74) is 3.06. The van der Waals surface area contributed by atoms with Crippen molar-refractivity contribution in [3.8, 4) is 0 Å². The van der Waals surface area contributed by atoms with Gasteiger partial charge in [0, 0.05) is 36.6 Å². The maximum Gasteiger partial charge on any atom is 0.130 e. The van der Waals surface area contributed by atoms with Crippen molar-refractivity contribution in [3.05, 3.63) is 40.7 Å². The SMILES string of the molecule is CNC(Cc1c(C)nn(C)c1Cl)c1cncnc1. The molecule has 0 aliphatic heterocycles. The lowest BCUT2D eigenvalue weighted by molar-refractivity contribution is 0.586. The Morgan fingerprint density at radius 3 is 2.56 bits per heavy atom. The second-order valence-electron chi connectivity index (χ2n) is 4.20. The highest BCUT2D eigenvalue weighted by Gasteiger charge is 2.17. The topological polar surface area (TPSA) is 55.6 Å². The second kappa shape index (κ2) is 5.46. The third-order valence-corrected chi connectivity index (χ3v) is 3.48. The summed E-state index contributed by atoms with van der Waals surface area (Å²) in [4.78, 5) is 8.08.